The monoisotopic (exact) mass is 515 g/mol. The summed E-state index contributed by atoms with van der Waals surface area (Å²) < 4.78 is 0. The summed E-state index contributed by atoms with van der Waals surface area (Å²) in [6.45, 7) is 0.334. The van der Waals surface area contributed by atoms with Gasteiger partial charge in [-0.05, 0) is 72.7 Å². The van der Waals surface area contributed by atoms with Crippen molar-refractivity contribution in [2.75, 3.05) is 24.3 Å². The van der Waals surface area contributed by atoms with Gasteiger partial charge in [-0.25, -0.2) is 0 Å². The number of hydrogen-bond donors (Lipinski definition) is 1. The van der Waals surface area contributed by atoms with E-state index in [0.717, 1.165) is 36.1 Å². The average Bonchev–Trinajstić information content (AvgIpc) is 2.91. The highest BCUT2D eigenvalue weighted by atomic mass is 35.5. The number of anilines is 2. The zero-order valence-electron chi connectivity index (χ0n) is 21.4. The summed E-state index contributed by atoms with van der Waals surface area (Å²) >= 11 is 6.12. The van der Waals surface area contributed by atoms with E-state index in [9.17, 15) is 9.59 Å². The molecule has 2 atom stereocenters. The molecule has 2 unspecified atom stereocenters. The molecule has 0 bridgehead atoms. The van der Waals surface area contributed by atoms with Crippen molar-refractivity contribution >= 4 is 34.8 Å². The Balaban J connectivity index is 1.66. The van der Waals surface area contributed by atoms with Crippen LogP contribution < -0.4 is 10.2 Å². The van der Waals surface area contributed by atoms with Gasteiger partial charge >= 0.3 is 0 Å². The van der Waals surface area contributed by atoms with E-state index in [2.05, 4.69) is 17.5 Å². The first-order valence-corrected chi connectivity index (χ1v) is 13.1. The van der Waals surface area contributed by atoms with Crippen molar-refractivity contribution < 1.29 is 9.59 Å². The van der Waals surface area contributed by atoms with E-state index in [1.165, 1.54) is 0 Å². The zero-order valence-corrected chi connectivity index (χ0v) is 22.2. The van der Waals surface area contributed by atoms with E-state index >= 15 is 0 Å². The molecular weight excluding hydrogens is 482 g/mol. The molecule has 0 heterocycles. The van der Waals surface area contributed by atoms with Crippen LogP contribution in [0.4, 0.5) is 11.4 Å². The molecule has 5 nitrogen and oxygen atoms in total. The Labute approximate surface area is 224 Å². The first kappa shape index (κ1) is 26.5. The van der Waals surface area contributed by atoms with Gasteiger partial charge in [0.15, 0.2) is 0 Å². The van der Waals surface area contributed by atoms with Crippen molar-refractivity contribution in [1.82, 2.24) is 4.90 Å². The number of rotatable bonds is 9. The van der Waals surface area contributed by atoms with E-state index in [0.29, 0.717) is 17.3 Å². The molecule has 6 heteroatoms. The van der Waals surface area contributed by atoms with Crippen molar-refractivity contribution in [2.24, 2.45) is 5.92 Å². The van der Waals surface area contributed by atoms with Crippen molar-refractivity contribution in [3.8, 4) is 0 Å². The molecule has 0 radical (unpaired) electrons. The van der Waals surface area contributed by atoms with E-state index in [1.807, 2.05) is 97.9 Å². The summed E-state index contributed by atoms with van der Waals surface area (Å²) in [4.78, 5) is 31.5. The number of hydrogen-bond acceptors (Lipinski definition) is 3. The largest absolute Gasteiger partial charge is 0.378 e. The van der Waals surface area contributed by atoms with Crippen LogP contribution in [-0.2, 0) is 22.6 Å². The number of benzene rings is 3. The van der Waals surface area contributed by atoms with Gasteiger partial charge in [0.1, 0.15) is 6.04 Å². The zero-order chi connectivity index (χ0) is 26.2. The van der Waals surface area contributed by atoms with Gasteiger partial charge in [-0.2, -0.15) is 0 Å². The molecule has 0 saturated heterocycles. The van der Waals surface area contributed by atoms with Crippen molar-refractivity contribution in [2.45, 2.75) is 38.3 Å². The fourth-order valence-corrected chi connectivity index (χ4v) is 4.90. The van der Waals surface area contributed by atoms with Gasteiger partial charge in [-0.1, -0.05) is 66.2 Å². The standard InChI is InChI=1S/C31H34ClN3O2/c1-34(2)28-19-17-27(18-20-28)33-31(37)30(25-11-7-4-8-12-25)35(22-24-13-15-26(32)16-14-24)29(36)21-23-9-5-3-6-10-23/h3-7,9-10,13-20,25,30H,8,11-12,21-22H2,1-2H3,(H,33,37). The Morgan fingerprint density at radius 1 is 0.919 bits per heavy atom. The quantitative estimate of drug-likeness (QED) is 0.338. The minimum atomic E-state index is -0.606. The third-order valence-electron chi connectivity index (χ3n) is 6.80. The molecule has 192 valence electrons. The fourth-order valence-electron chi connectivity index (χ4n) is 4.77. The van der Waals surface area contributed by atoms with Crippen molar-refractivity contribution in [1.29, 1.82) is 0 Å². The lowest BCUT2D eigenvalue weighted by Gasteiger charge is -2.37. The average molecular weight is 516 g/mol. The van der Waals surface area contributed by atoms with E-state index in [-0.39, 0.29) is 24.2 Å². The second kappa shape index (κ2) is 12.6. The minimum Gasteiger partial charge on any atom is -0.378 e. The van der Waals surface area contributed by atoms with E-state index < -0.39 is 6.04 Å². The molecule has 4 rings (SSSR count). The maximum atomic E-state index is 13.9. The predicted octanol–water partition coefficient (Wildman–Crippen LogP) is 6.34. The maximum Gasteiger partial charge on any atom is 0.247 e. The van der Waals surface area contributed by atoms with Crippen molar-refractivity contribution in [3.63, 3.8) is 0 Å². The van der Waals surface area contributed by atoms with Crippen LogP contribution in [0.2, 0.25) is 5.02 Å². The Bertz CT molecular complexity index is 1210. The van der Waals surface area contributed by atoms with E-state index in [4.69, 9.17) is 11.6 Å². The van der Waals surface area contributed by atoms with Crippen LogP contribution in [0.1, 0.15) is 30.4 Å². The van der Waals surface area contributed by atoms with Crippen LogP contribution in [0.25, 0.3) is 0 Å². The Hall–Kier alpha value is -3.57. The molecular formula is C31H34ClN3O2. The molecule has 0 saturated carbocycles. The van der Waals surface area contributed by atoms with Gasteiger partial charge in [-0.3, -0.25) is 9.59 Å². The Kier molecular flexibility index (Phi) is 9.02. The SMILES string of the molecule is CN(C)c1ccc(NC(=O)C(C2CC=CCC2)N(Cc2ccc(Cl)cc2)C(=O)Cc2ccccc2)cc1. The van der Waals surface area contributed by atoms with Crippen LogP contribution in [-0.4, -0.2) is 36.9 Å². The third-order valence-corrected chi connectivity index (χ3v) is 7.05. The number of amides is 2. The van der Waals surface area contributed by atoms with Crippen LogP contribution in [0.3, 0.4) is 0 Å². The summed E-state index contributed by atoms with van der Waals surface area (Å²) in [6, 6.07) is 24.3. The lowest BCUT2D eigenvalue weighted by atomic mass is 9.85. The highest BCUT2D eigenvalue weighted by molar-refractivity contribution is 6.30. The molecule has 1 aliphatic rings. The summed E-state index contributed by atoms with van der Waals surface area (Å²) in [6.07, 6.45) is 7.02. The van der Waals surface area contributed by atoms with Gasteiger partial charge < -0.3 is 15.1 Å². The molecule has 37 heavy (non-hydrogen) atoms. The van der Waals surface area contributed by atoms with Crippen LogP contribution >= 0.6 is 11.6 Å². The lowest BCUT2D eigenvalue weighted by Crippen LogP contribution is -2.51. The lowest BCUT2D eigenvalue weighted by molar-refractivity contribution is -0.141. The van der Waals surface area contributed by atoms with E-state index in [1.54, 1.807) is 4.90 Å². The molecule has 0 fully saturated rings. The number of carbonyl (C=O) groups is 2. The summed E-state index contributed by atoms with van der Waals surface area (Å²) in [5.74, 6) is -0.204. The highest BCUT2D eigenvalue weighted by Gasteiger charge is 2.36. The summed E-state index contributed by atoms with van der Waals surface area (Å²) in [5, 5.41) is 3.74. The van der Waals surface area contributed by atoms with Crippen LogP contribution in [0, 0.1) is 5.92 Å². The smallest absolute Gasteiger partial charge is 0.247 e. The fraction of sp³-hybridized carbons (Fsp3) is 0.290. The summed E-state index contributed by atoms with van der Waals surface area (Å²) in [5.41, 5.74) is 3.63. The predicted molar refractivity (Wildman–Crippen MR) is 152 cm³/mol. The molecule has 0 aromatic heterocycles. The normalized spacial score (nSPS) is 15.6. The third kappa shape index (κ3) is 7.23. The molecule has 1 N–H and O–H groups in total. The number of nitrogens with zero attached hydrogens (tertiary/aromatic N) is 2. The van der Waals surface area contributed by atoms with Crippen LogP contribution in [0.5, 0.6) is 0 Å². The number of carbonyl (C=O) groups excluding carboxylic acids is 2. The number of halogens is 1. The van der Waals surface area contributed by atoms with Gasteiger partial charge in [0.25, 0.3) is 0 Å². The molecule has 0 aliphatic heterocycles. The van der Waals surface area contributed by atoms with Crippen LogP contribution in [0.15, 0.2) is 91.0 Å². The first-order chi connectivity index (χ1) is 17.9. The topological polar surface area (TPSA) is 52.7 Å². The molecule has 0 spiro atoms. The van der Waals surface area contributed by atoms with Gasteiger partial charge in [0.2, 0.25) is 11.8 Å². The van der Waals surface area contributed by atoms with Crippen molar-refractivity contribution in [3.05, 3.63) is 107 Å². The number of allylic oxidation sites excluding steroid dienone is 2. The second-order valence-corrected chi connectivity index (χ2v) is 10.2. The second-order valence-electron chi connectivity index (χ2n) is 9.73. The molecule has 1 aliphatic carbocycles. The highest BCUT2D eigenvalue weighted by Crippen LogP contribution is 2.29. The molecule has 3 aromatic rings. The van der Waals surface area contributed by atoms with Gasteiger partial charge in [0.05, 0.1) is 6.42 Å². The Morgan fingerprint density at radius 2 is 1.62 bits per heavy atom. The van der Waals surface area contributed by atoms with Gasteiger partial charge in [-0.15, -0.1) is 0 Å². The first-order valence-electron chi connectivity index (χ1n) is 12.7. The molecule has 2 amide bonds. The minimum absolute atomic E-state index is 0.0260. The van der Waals surface area contributed by atoms with Gasteiger partial charge in [0, 0.05) is 37.0 Å². The molecule has 3 aromatic carbocycles. The number of nitrogens with one attached hydrogen (secondary N) is 1. The maximum absolute atomic E-state index is 13.9. The Morgan fingerprint density at radius 3 is 2.24 bits per heavy atom. The summed E-state index contributed by atoms with van der Waals surface area (Å²) in [7, 11) is 3.96.